The molecule has 0 aromatic rings. The molecule has 3 heteroatoms. The average molecular weight is 309 g/mol. The predicted octanol–water partition coefficient (Wildman–Crippen LogP) is 4.11. The first-order valence-electron chi connectivity index (χ1n) is 9.25. The molecule has 0 N–H and O–H groups in total. The van der Waals surface area contributed by atoms with Crippen molar-refractivity contribution < 1.29 is 9.53 Å². The molecule has 1 saturated carbocycles. The van der Waals surface area contributed by atoms with Gasteiger partial charge in [-0.15, -0.1) is 0 Å². The highest BCUT2D eigenvalue weighted by Crippen LogP contribution is 2.43. The molecule has 3 nitrogen and oxygen atoms in total. The van der Waals surface area contributed by atoms with E-state index in [0.29, 0.717) is 23.2 Å². The van der Waals surface area contributed by atoms with Crippen LogP contribution in [0.3, 0.4) is 0 Å². The van der Waals surface area contributed by atoms with Gasteiger partial charge in [0.25, 0.3) is 0 Å². The largest absolute Gasteiger partial charge is 0.381 e. The molecule has 1 heterocycles. The number of carbonyl (C=O) groups is 1. The Balaban J connectivity index is 1.76. The van der Waals surface area contributed by atoms with E-state index in [1.54, 1.807) is 0 Å². The minimum atomic E-state index is 0.393. The molecule has 128 valence electrons. The Hall–Kier alpha value is -0.570. The van der Waals surface area contributed by atoms with Crippen molar-refractivity contribution in [2.75, 3.05) is 26.3 Å². The number of nitrogens with zero attached hydrogens (tertiary/aromatic N) is 1. The molecule has 2 atom stereocenters. The van der Waals surface area contributed by atoms with Gasteiger partial charge in [-0.05, 0) is 62.2 Å². The van der Waals surface area contributed by atoms with Gasteiger partial charge in [0.2, 0.25) is 5.91 Å². The Kier molecular flexibility index (Phi) is 6.31. The fraction of sp³-hybridized carbons (Fsp3) is 0.947. The molecular formula is C19H35NO2. The number of carbonyl (C=O) groups excluding carboxylic acids is 1. The number of likely N-dealkylation sites (tertiary alicyclic amines) is 1. The lowest BCUT2D eigenvalue weighted by atomic mass is 9.67. The zero-order valence-corrected chi connectivity index (χ0v) is 15.1. The summed E-state index contributed by atoms with van der Waals surface area (Å²) in [6, 6.07) is 0. The Labute approximate surface area is 136 Å². The second-order valence-corrected chi connectivity index (χ2v) is 8.47. The summed E-state index contributed by atoms with van der Waals surface area (Å²) in [5, 5.41) is 0. The maximum atomic E-state index is 12.6. The van der Waals surface area contributed by atoms with E-state index >= 15 is 0 Å². The zero-order valence-electron chi connectivity index (χ0n) is 15.1. The maximum Gasteiger partial charge on any atom is 0.222 e. The third-order valence-corrected chi connectivity index (χ3v) is 5.47. The molecule has 1 saturated heterocycles. The SMILES string of the molecule is CCOCC1CCN(C(=O)CC2CC(C)CC(C)(C)C2)CC1. The van der Waals surface area contributed by atoms with Gasteiger partial charge >= 0.3 is 0 Å². The molecule has 2 fully saturated rings. The zero-order chi connectivity index (χ0) is 16.2. The van der Waals surface area contributed by atoms with E-state index in [9.17, 15) is 4.79 Å². The highest BCUT2D eigenvalue weighted by molar-refractivity contribution is 5.76. The molecule has 0 spiro atoms. The van der Waals surface area contributed by atoms with E-state index in [1.165, 1.54) is 19.3 Å². The number of piperidine rings is 1. The van der Waals surface area contributed by atoms with Crippen molar-refractivity contribution in [1.82, 2.24) is 4.90 Å². The van der Waals surface area contributed by atoms with Gasteiger partial charge in [0.1, 0.15) is 0 Å². The molecule has 0 bridgehead atoms. The van der Waals surface area contributed by atoms with E-state index < -0.39 is 0 Å². The number of hydrogen-bond donors (Lipinski definition) is 0. The van der Waals surface area contributed by atoms with E-state index in [4.69, 9.17) is 4.74 Å². The summed E-state index contributed by atoms with van der Waals surface area (Å²) < 4.78 is 5.52. The second kappa shape index (κ2) is 7.81. The quantitative estimate of drug-likeness (QED) is 0.764. The Morgan fingerprint density at radius 2 is 1.86 bits per heavy atom. The van der Waals surface area contributed by atoms with Crippen LogP contribution in [-0.2, 0) is 9.53 Å². The lowest BCUT2D eigenvalue weighted by molar-refractivity contribution is -0.134. The summed E-state index contributed by atoms with van der Waals surface area (Å²) in [6.07, 6.45) is 6.74. The van der Waals surface area contributed by atoms with Gasteiger partial charge in [-0.25, -0.2) is 0 Å². The first-order chi connectivity index (χ1) is 10.4. The van der Waals surface area contributed by atoms with Crippen LogP contribution in [-0.4, -0.2) is 37.1 Å². The van der Waals surface area contributed by atoms with Gasteiger partial charge in [0, 0.05) is 32.7 Å². The predicted molar refractivity (Wildman–Crippen MR) is 90.7 cm³/mol. The number of rotatable bonds is 5. The molecule has 0 aromatic heterocycles. The lowest BCUT2D eigenvalue weighted by Gasteiger charge is -2.40. The molecule has 1 aliphatic carbocycles. The Morgan fingerprint density at radius 1 is 1.18 bits per heavy atom. The van der Waals surface area contributed by atoms with Crippen molar-refractivity contribution in [1.29, 1.82) is 0 Å². The normalized spacial score (nSPS) is 29.5. The molecule has 0 radical (unpaired) electrons. The summed E-state index contributed by atoms with van der Waals surface area (Å²) in [4.78, 5) is 14.7. The van der Waals surface area contributed by atoms with E-state index in [-0.39, 0.29) is 0 Å². The van der Waals surface area contributed by atoms with Crippen LogP contribution < -0.4 is 0 Å². The standard InChI is InChI=1S/C19H35NO2/c1-5-22-14-16-6-8-20(9-7-16)18(21)11-17-10-15(2)12-19(3,4)13-17/h15-17H,5-14H2,1-4H3. The van der Waals surface area contributed by atoms with Crippen LogP contribution in [0.25, 0.3) is 0 Å². The van der Waals surface area contributed by atoms with E-state index in [2.05, 4.69) is 25.7 Å². The van der Waals surface area contributed by atoms with Crippen molar-refractivity contribution >= 4 is 5.91 Å². The highest BCUT2D eigenvalue weighted by atomic mass is 16.5. The third-order valence-electron chi connectivity index (χ3n) is 5.47. The fourth-order valence-corrected chi connectivity index (χ4v) is 4.71. The van der Waals surface area contributed by atoms with Crippen molar-refractivity contribution in [2.45, 2.75) is 66.2 Å². The minimum Gasteiger partial charge on any atom is -0.381 e. The fourth-order valence-electron chi connectivity index (χ4n) is 4.71. The first kappa shape index (κ1) is 17.8. The van der Waals surface area contributed by atoms with Gasteiger partial charge in [-0.3, -0.25) is 4.79 Å². The molecule has 1 amide bonds. The molecular weight excluding hydrogens is 274 g/mol. The van der Waals surface area contributed by atoms with Gasteiger partial charge < -0.3 is 9.64 Å². The molecule has 2 rings (SSSR count). The number of hydrogen-bond acceptors (Lipinski definition) is 2. The second-order valence-electron chi connectivity index (χ2n) is 8.47. The average Bonchev–Trinajstić information content (AvgIpc) is 2.43. The monoisotopic (exact) mass is 309 g/mol. The Bertz CT molecular complexity index is 358. The van der Waals surface area contributed by atoms with Crippen LogP contribution in [0.4, 0.5) is 0 Å². The third kappa shape index (κ3) is 5.26. The smallest absolute Gasteiger partial charge is 0.222 e. The van der Waals surface area contributed by atoms with Gasteiger partial charge in [-0.2, -0.15) is 0 Å². The summed E-state index contributed by atoms with van der Waals surface area (Å²) in [7, 11) is 0. The van der Waals surface area contributed by atoms with Crippen LogP contribution in [0.15, 0.2) is 0 Å². The van der Waals surface area contributed by atoms with Gasteiger partial charge in [0.05, 0.1) is 0 Å². The summed E-state index contributed by atoms with van der Waals surface area (Å²) >= 11 is 0. The van der Waals surface area contributed by atoms with E-state index in [0.717, 1.165) is 51.5 Å². The first-order valence-corrected chi connectivity index (χ1v) is 9.25. The lowest BCUT2D eigenvalue weighted by Crippen LogP contribution is -2.41. The maximum absolute atomic E-state index is 12.6. The topological polar surface area (TPSA) is 29.5 Å². The van der Waals surface area contributed by atoms with Crippen LogP contribution in [0.5, 0.6) is 0 Å². The number of ether oxygens (including phenoxy) is 1. The van der Waals surface area contributed by atoms with Crippen molar-refractivity contribution in [3.63, 3.8) is 0 Å². The molecule has 2 unspecified atom stereocenters. The summed E-state index contributed by atoms with van der Waals surface area (Å²) in [5.74, 6) is 2.40. The van der Waals surface area contributed by atoms with E-state index in [1.807, 2.05) is 6.92 Å². The van der Waals surface area contributed by atoms with Crippen molar-refractivity contribution in [3.05, 3.63) is 0 Å². The summed E-state index contributed by atoms with van der Waals surface area (Å²) in [6.45, 7) is 12.6. The minimum absolute atomic E-state index is 0.393. The Morgan fingerprint density at radius 3 is 2.45 bits per heavy atom. The van der Waals surface area contributed by atoms with Gasteiger partial charge in [-0.1, -0.05) is 20.8 Å². The van der Waals surface area contributed by atoms with Gasteiger partial charge in [0.15, 0.2) is 0 Å². The molecule has 1 aliphatic heterocycles. The molecule has 22 heavy (non-hydrogen) atoms. The van der Waals surface area contributed by atoms with Crippen LogP contribution in [0.2, 0.25) is 0 Å². The van der Waals surface area contributed by atoms with Crippen LogP contribution in [0.1, 0.15) is 66.2 Å². The van der Waals surface area contributed by atoms with Crippen molar-refractivity contribution in [2.24, 2.45) is 23.2 Å². The highest BCUT2D eigenvalue weighted by Gasteiger charge is 2.34. The molecule has 2 aliphatic rings. The van der Waals surface area contributed by atoms with Crippen LogP contribution >= 0.6 is 0 Å². The van der Waals surface area contributed by atoms with Crippen molar-refractivity contribution in [3.8, 4) is 0 Å². The molecule has 0 aromatic carbocycles. The summed E-state index contributed by atoms with van der Waals surface area (Å²) in [5.41, 5.74) is 0.410. The van der Waals surface area contributed by atoms with Crippen LogP contribution in [0, 0.1) is 23.2 Å². The number of amides is 1.